The number of aromatic nitrogens is 2. The summed E-state index contributed by atoms with van der Waals surface area (Å²) in [6, 6.07) is 2.41. The quantitative estimate of drug-likeness (QED) is 0.821. The van der Waals surface area contributed by atoms with Crippen molar-refractivity contribution in [1.29, 1.82) is 0 Å². The van der Waals surface area contributed by atoms with E-state index >= 15 is 0 Å². The predicted molar refractivity (Wildman–Crippen MR) is 71.3 cm³/mol. The van der Waals surface area contributed by atoms with Crippen molar-refractivity contribution in [2.45, 2.75) is 39.2 Å². The zero-order chi connectivity index (χ0) is 12.4. The molecule has 1 aromatic rings. The predicted octanol–water partition coefficient (Wildman–Crippen LogP) is 2.73. The summed E-state index contributed by atoms with van der Waals surface area (Å²) >= 11 is 5.92. The van der Waals surface area contributed by atoms with Gasteiger partial charge in [-0.1, -0.05) is 25.4 Å². The molecular weight excluding hydrogens is 236 g/mol. The van der Waals surface area contributed by atoms with Crippen LogP contribution in [0.1, 0.15) is 33.1 Å². The highest BCUT2D eigenvalue weighted by Gasteiger charge is 2.30. The molecule has 1 aliphatic rings. The second kappa shape index (κ2) is 5.08. The summed E-state index contributed by atoms with van der Waals surface area (Å²) in [6.07, 6.45) is 3.62. The van der Waals surface area contributed by atoms with Crippen molar-refractivity contribution in [2.24, 2.45) is 5.92 Å². The minimum atomic E-state index is 0.252. The van der Waals surface area contributed by atoms with E-state index in [1.807, 2.05) is 0 Å². The van der Waals surface area contributed by atoms with Gasteiger partial charge >= 0.3 is 0 Å². The fourth-order valence-corrected chi connectivity index (χ4v) is 2.02. The molecule has 0 saturated heterocycles. The van der Waals surface area contributed by atoms with Crippen LogP contribution in [0.2, 0.25) is 5.15 Å². The van der Waals surface area contributed by atoms with Crippen molar-refractivity contribution in [2.75, 3.05) is 17.2 Å². The topological polar surface area (TPSA) is 55.0 Å². The van der Waals surface area contributed by atoms with Crippen molar-refractivity contribution in [3.8, 4) is 0 Å². The van der Waals surface area contributed by atoms with E-state index in [1.54, 1.807) is 6.07 Å². The third-order valence-corrected chi connectivity index (χ3v) is 3.12. The molecule has 2 rings (SSSR count). The molecule has 17 heavy (non-hydrogen) atoms. The van der Waals surface area contributed by atoms with Crippen LogP contribution < -0.4 is 10.6 Å². The number of nitrogens with zero attached hydrogens (tertiary/aromatic N) is 3. The zero-order valence-corrected chi connectivity index (χ0v) is 11.1. The fraction of sp³-hybridized carbons (Fsp3) is 0.667. The number of nitrogens with two attached hydrogens (primary N) is 1. The SMILES string of the molecule is CC(C)CCN(c1cc(Cl)nc(N)n1)C1CC1. The largest absolute Gasteiger partial charge is 0.368 e. The average Bonchev–Trinajstić information content (AvgIpc) is 3.00. The van der Waals surface area contributed by atoms with E-state index in [9.17, 15) is 0 Å². The molecule has 0 atom stereocenters. The van der Waals surface area contributed by atoms with E-state index < -0.39 is 0 Å². The van der Waals surface area contributed by atoms with Crippen LogP contribution in [0.15, 0.2) is 6.07 Å². The van der Waals surface area contributed by atoms with E-state index in [-0.39, 0.29) is 5.95 Å². The molecule has 1 aliphatic carbocycles. The van der Waals surface area contributed by atoms with Gasteiger partial charge < -0.3 is 10.6 Å². The van der Waals surface area contributed by atoms with Crippen LogP contribution in [0.3, 0.4) is 0 Å². The van der Waals surface area contributed by atoms with Crippen molar-refractivity contribution >= 4 is 23.4 Å². The van der Waals surface area contributed by atoms with Gasteiger partial charge in [-0.05, 0) is 25.2 Å². The number of hydrogen-bond acceptors (Lipinski definition) is 4. The van der Waals surface area contributed by atoms with E-state index in [0.29, 0.717) is 17.1 Å². The molecule has 0 unspecified atom stereocenters. The highest BCUT2D eigenvalue weighted by molar-refractivity contribution is 6.29. The lowest BCUT2D eigenvalue weighted by molar-refractivity contribution is 0.568. The molecule has 1 heterocycles. The molecule has 1 saturated carbocycles. The lowest BCUT2D eigenvalue weighted by Crippen LogP contribution is -2.29. The molecule has 1 fully saturated rings. The van der Waals surface area contributed by atoms with Gasteiger partial charge in [-0.25, -0.2) is 4.98 Å². The number of halogens is 1. The summed E-state index contributed by atoms with van der Waals surface area (Å²) in [5.41, 5.74) is 5.64. The molecular formula is C12H19ClN4. The Morgan fingerprint density at radius 1 is 1.47 bits per heavy atom. The Kier molecular flexibility index (Phi) is 3.72. The molecule has 0 spiro atoms. The summed E-state index contributed by atoms with van der Waals surface area (Å²) in [5, 5.41) is 0.419. The van der Waals surface area contributed by atoms with Gasteiger partial charge in [0.15, 0.2) is 0 Å². The van der Waals surface area contributed by atoms with Gasteiger partial charge in [0.05, 0.1) is 0 Å². The van der Waals surface area contributed by atoms with Gasteiger partial charge in [0, 0.05) is 18.7 Å². The molecule has 0 aliphatic heterocycles. The maximum absolute atomic E-state index is 5.92. The van der Waals surface area contributed by atoms with Crippen molar-refractivity contribution in [1.82, 2.24) is 9.97 Å². The van der Waals surface area contributed by atoms with E-state index in [1.165, 1.54) is 12.8 Å². The molecule has 0 aromatic carbocycles. The highest BCUT2D eigenvalue weighted by Crippen LogP contribution is 2.32. The Bertz CT molecular complexity index is 370. The minimum absolute atomic E-state index is 0.252. The summed E-state index contributed by atoms with van der Waals surface area (Å²) in [5.74, 6) is 1.80. The first-order valence-electron chi connectivity index (χ1n) is 6.13. The standard InChI is InChI=1S/C12H19ClN4/c1-8(2)5-6-17(9-3-4-9)11-7-10(13)15-12(14)16-11/h7-9H,3-6H2,1-2H3,(H2,14,15,16). The summed E-state index contributed by atoms with van der Waals surface area (Å²) in [6.45, 7) is 5.47. The number of nitrogen functional groups attached to an aromatic ring is 1. The van der Waals surface area contributed by atoms with E-state index in [0.717, 1.165) is 18.8 Å². The molecule has 2 N–H and O–H groups in total. The minimum Gasteiger partial charge on any atom is -0.368 e. The monoisotopic (exact) mass is 254 g/mol. The Morgan fingerprint density at radius 3 is 2.71 bits per heavy atom. The van der Waals surface area contributed by atoms with Gasteiger partial charge in [0.1, 0.15) is 11.0 Å². The van der Waals surface area contributed by atoms with Crippen LogP contribution in [0, 0.1) is 5.92 Å². The van der Waals surface area contributed by atoms with E-state index in [4.69, 9.17) is 17.3 Å². The highest BCUT2D eigenvalue weighted by atomic mass is 35.5. The van der Waals surface area contributed by atoms with Crippen LogP contribution in [0.4, 0.5) is 11.8 Å². The second-order valence-electron chi connectivity index (χ2n) is 5.01. The van der Waals surface area contributed by atoms with Crippen LogP contribution in [0.5, 0.6) is 0 Å². The Morgan fingerprint density at radius 2 is 2.18 bits per heavy atom. The number of rotatable bonds is 5. The summed E-state index contributed by atoms with van der Waals surface area (Å²) in [4.78, 5) is 10.5. The van der Waals surface area contributed by atoms with Crippen LogP contribution in [0.25, 0.3) is 0 Å². The molecule has 0 bridgehead atoms. The first-order valence-corrected chi connectivity index (χ1v) is 6.50. The van der Waals surface area contributed by atoms with Crippen LogP contribution in [-0.2, 0) is 0 Å². The maximum atomic E-state index is 5.92. The van der Waals surface area contributed by atoms with Crippen molar-refractivity contribution < 1.29 is 0 Å². The summed E-state index contributed by atoms with van der Waals surface area (Å²) in [7, 11) is 0. The average molecular weight is 255 g/mol. The van der Waals surface area contributed by atoms with Gasteiger partial charge in [0.2, 0.25) is 5.95 Å². The normalized spacial score (nSPS) is 15.3. The molecule has 4 nitrogen and oxygen atoms in total. The lowest BCUT2D eigenvalue weighted by Gasteiger charge is -2.24. The maximum Gasteiger partial charge on any atom is 0.223 e. The fourth-order valence-electron chi connectivity index (χ4n) is 1.84. The first kappa shape index (κ1) is 12.4. The van der Waals surface area contributed by atoms with Gasteiger partial charge in [-0.2, -0.15) is 4.98 Å². The molecule has 0 radical (unpaired) electrons. The van der Waals surface area contributed by atoms with Gasteiger partial charge in [-0.3, -0.25) is 0 Å². The Hall–Kier alpha value is -1.03. The second-order valence-corrected chi connectivity index (χ2v) is 5.40. The Labute approximate surface area is 107 Å². The zero-order valence-electron chi connectivity index (χ0n) is 10.4. The van der Waals surface area contributed by atoms with E-state index in [2.05, 4.69) is 28.7 Å². The molecule has 1 aromatic heterocycles. The third-order valence-electron chi connectivity index (χ3n) is 2.93. The first-order chi connectivity index (χ1) is 8.06. The number of anilines is 2. The van der Waals surface area contributed by atoms with Gasteiger partial charge in [-0.15, -0.1) is 0 Å². The smallest absolute Gasteiger partial charge is 0.223 e. The molecule has 5 heteroatoms. The number of hydrogen-bond donors (Lipinski definition) is 1. The van der Waals surface area contributed by atoms with Crippen LogP contribution >= 0.6 is 11.6 Å². The lowest BCUT2D eigenvalue weighted by atomic mass is 10.1. The molecule has 0 amide bonds. The van der Waals surface area contributed by atoms with Gasteiger partial charge in [0.25, 0.3) is 0 Å². The summed E-state index contributed by atoms with van der Waals surface area (Å²) < 4.78 is 0. The van der Waals surface area contributed by atoms with Crippen molar-refractivity contribution in [3.05, 3.63) is 11.2 Å². The Balaban J connectivity index is 2.14. The molecule has 94 valence electrons. The van der Waals surface area contributed by atoms with Crippen molar-refractivity contribution in [3.63, 3.8) is 0 Å². The third kappa shape index (κ3) is 3.46. The van der Waals surface area contributed by atoms with Crippen LogP contribution in [-0.4, -0.2) is 22.6 Å².